The Morgan fingerprint density at radius 3 is 2.56 bits per heavy atom. The van der Waals surface area contributed by atoms with Gasteiger partial charge in [-0.2, -0.15) is 0 Å². The topological polar surface area (TPSA) is 61.0 Å². The third kappa shape index (κ3) is 2.62. The Morgan fingerprint density at radius 1 is 1.31 bits per heavy atom. The average Bonchev–Trinajstić information content (AvgIpc) is 2.68. The fourth-order valence-corrected chi connectivity index (χ4v) is 1.90. The van der Waals surface area contributed by atoms with Crippen molar-refractivity contribution in [3.63, 3.8) is 0 Å². The van der Waals surface area contributed by atoms with Gasteiger partial charge in [-0.05, 0) is 31.2 Å². The van der Waals surface area contributed by atoms with Crippen molar-refractivity contribution in [3.05, 3.63) is 34.3 Å². The molecular weight excluding hydrogens is 246 g/mol. The molecule has 0 unspecified atom stereocenters. The molecule has 4 nitrogen and oxygen atoms in total. The molecule has 2 aromatic rings. The van der Waals surface area contributed by atoms with E-state index in [4.69, 9.17) is 22.1 Å². The van der Waals surface area contributed by atoms with E-state index in [1.165, 1.54) is 11.3 Å². The molecule has 1 aromatic heterocycles. The van der Waals surface area contributed by atoms with E-state index < -0.39 is 0 Å². The number of anilines is 1. The predicted octanol–water partition coefficient (Wildman–Crippen LogP) is 2.91. The van der Waals surface area contributed by atoms with Crippen LogP contribution in [0.4, 0.5) is 5.13 Å². The van der Waals surface area contributed by atoms with Gasteiger partial charge in [-0.1, -0.05) is 22.9 Å². The first-order chi connectivity index (χ1) is 7.65. The van der Waals surface area contributed by atoms with Crippen molar-refractivity contribution in [2.24, 2.45) is 0 Å². The molecule has 84 valence electrons. The maximum Gasteiger partial charge on any atom is 0.203 e. The van der Waals surface area contributed by atoms with Crippen LogP contribution in [0.1, 0.15) is 18.0 Å². The summed E-state index contributed by atoms with van der Waals surface area (Å²) in [4.78, 5) is 0. The van der Waals surface area contributed by atoms with Crippen LogP contribution in [0.5, 0.6) is 5.75 Å². The second-order valence-corrected chi connectivity index (χ2v) is 4.67. The highest BCUT2D eigenvalue weighted by Crippen LogP contribution is 2.25. The standard InChI is InChI=1S/C10H10ClN3OS/c1-6(9-13-14-10(12)16-9)15-8-4-2-7(11)3-5-8/h2-6H,1H3,(H2,12,14)/t6-/m1/s1. The lowest BCUT2D eigenvalue weighted by Crippen LogP contribution is -2.02. The van der Waals surface area contributed by atoms with E-state index in [-0.39, 0.29) is 6.10 Å². The summed E-state index contributed by atoms with van der Waals surface area (Å²) in [7, 11) is 0. The van der Waals surface area contributed by atoms with Gasteiger partial charge in [-0.15, -0.1) is 10.2 Å². The van der Waals surface area contributed by atoms with Gasteiger partial charge < -0.3 is 10.5 Å². The number of hydrogen-bond acceptors (Lipinski definition) is 5. The number of nitrogen functional groups attached to an aromatic ring is 1. The third-order valence-electron chi connectivity index (χ3n) is 1.93. The van der Waals surface area contributed by atoms with E-state index in [0.717, 1.165) is 10.8 Å². The van der Waals surface area contributed by atoms with Crippen LogP contribution >= 0.6 is 22.9 Å². The molecule has 6 heteroatoms. The summed E-state index contributed by atoms with van der Waals surface area (Å²) in [5.41, 5.74) is 5.50. The molecule has 1 aromatic carbocycles. The number of benzene rings is 1. The van der Waals surface area contributed by atoms with Crippen molar-refractivity contribution in [2.45, 2.75) is 13.0 Å². The Morgan fingerprint density at radius 2 is 2.00 bits per heavy atom. The van der Waals surface area contributed by atoms with Gasteiger partial charge in [0.15, 0.2) is 5.01 Å². The zero-order valence-electron chi connectivity index (χ0n) is 8.55. The fourth-order valence-electron chi connectivity index (χ4n) is 1.18. The van der Waals surface area contributed by atoms with Gasteiger partial charge in [0.1, 0.15) is 11.9 Å². The van der Waals surface area contributed by atoms with Gasteiger partial charge >= 0.3 is 0 Å². The van der Waals surface area contributed by atoms with Gasteiger partial charge in [0.25, 0.3) is 0 Å². The van der Waals surface area contributed by atoms with E-state index in [2.05, 4.69) is 10.2 Å². The first-order valence-electron chi connectivity index (χ1n) is 4.66. The average molecular weight is 256 g/mol. The Hall–Kier alpha value is -1.33. The highest BCUT2D eigenvalue weighted by atomic mass is 35.5. The maximum atomic E-state index is 5.78. The number of rotatable bonds is 3. The van der Waals surface area contributed by atoms with E-state index >= 15 is 0 Å². The molecular formula is C10H10ClN3OS. The van der Waals surface area contributed by atoms with Crippen molar-refractivity contribution in [1.29, 1.82) is 0 Å². The molecule has 0 aliphatic carbocycles. The van der Waals surface area contributed by atoms with Crippen LogP contribution in [0.15, 0.2) is 24.3 Å². The maximum absolute atomic E-state index is 5.78. The van der Waals surface area contributed by atoms with Crippen LogP contribution in [0.3, 0.4) is 0 Å². The molecule has 0 aliphatic heterocycles. The number of halogens is 1. The van der Waals surface area contributed by atoms with E-state index in [1.807, 2.05) is 19.1 Å². The lowest BCUT2D eigenvalue weighted by atomic mass is 10.3. The molecule has 0 saturated carbocycles. The van der Waals surface area contributed by atoms with Gasteiger partial charge in [0, 0.05) is 5.02 Å². The summed E-state index contributed by atoms with van der Waals surface area (Å²) in [5, 5.41) is 9.54. The van der Waals surface area contributed by atoms with Crippen LogP contribution in [0, 0.1) is 0 Å². The Kier molecular flexibility index (Phi) is 3.26. The monoisotopic (exact) mass is 255 g/mol. The Balaban J connectivity index is 2.07. The van der Waals surface area contributed by atoms with Crippen LogP contribution in [-0.2, 0) is 0 Å². The van der Waals surface area contributed by atoms with E-state index in [9.17, 15) is 0 Å². The van der Waals surface area contributed by atoms with Gasteiger partial charge in [0.05, 0.1) is 0 Å². The minimum atomic E-state index is -0.170. The highest BCUT2D eigenvalue weighted by molar-refractivity contribution is 7.15. The summed E-state index contributed by atoms with van der Waals surface area (Å²) in [5.74, 6) is 0.741. The normalized spacial score (nSPS) is 12.4. The van der Waals surface area contributed by atoms with E-state index in [0.29, 0.717) is 10.2 Å². The van der Waals surface area contributed by atoms with Gasteiger partial charge in [-0.25, -0.2) is 0 Å². The first kappa shape index (κ1) is 11.2. The van der Waals surface area contributed by atoms with Gasteiger partial charge in [0.2, 0.25) is 5.13 Å². The van der Waals surface area contributed by atoms with Gasteiger partial charge in [-0.3, -0.25) is 0 Å². The number of aromatic nitrogens is 2. The lowest BCUT2D eigenvalue weighted by molar-refractivity contribution is 0.225. The van der Waals surface area contributed by atoms with Crippen LogP contribution in [-0.4, -0.2) is 10.2 Å². The molecule has 0 amide bonds. The smallest absolute Gasteiger partial charge is 0.203 e. The van der Waals surface area contributed by atoms with Crippen molar-refractivity contribution in [3.8, 4) is 5.75 Å². The molecule has 2 N–H and O–H groups in total. The zero-order valence-corrected chi connectivity index (χ0v) is 10.1. The molecule has 1 heterocycles. The van der Waals surface area contributed by atoms with E-state index in [1.54, 1.807) is 12.1 Å². The van der Waals surface area contributed by atoms with Crippen molar-refractivity contribution in [1.82, 2.24) is 10.2 Å². The number of nitrogens with zero attached hydrogens (tertiary/aromatic N) is 2. The minimum Gasteiger partial charge on any atom is -0.483 e. The molecule has 1 atom stereocenters. The summed E-state index contributed by atoms with van der Waals surface area (Å²) >= 11 is 7.10. The summed E-state index contributed by atoms with van der Waals surface area (Å²) in [6.07, 6.45) is -0.170. The van der Waals surface area contributed by atoms with Crippen LogP contribution in [0.25, 0.3) is 0 Å². The highest BCUT2D eigenvalue weighted by Gasteiger charge is 2.12. The molecule has 2 rings (SSSR count). The molecule has 0 radical (unpaired) electrons. The summed E-state index contributed by atoms with van der Waals surface area (Å²) < 4.78 is 5.66. The SMILES string of the molecule is C[C@@H](Oc1ccc(Cl)cc1)c1nnc(N)s1. The Labute approximate surface area is 102 Å². The first-order valence-corrected chi connectivity index (χ1v) is 5.85. The predicted molar refractivity (Wildman–Crippen MR) is 64.8 cm³/mol. The van der Waals surface area contributed by atoms with Crippen molar-refractivity contribution < 1.29 is 4.74 Å². The molecule has 0 saturated heterocycles. The lowest BCUT2D eigenvalue weighted by Gasteiger charge is -2.11. The number of nitrogens with two attached hydrogens (primary N) is 1. The Bertz CT molecular complexity index is 471. The largest absolute Gasteiger partial charge is 0.483 e. The number of hydrogen-bond donors (Lipinski definition) is 1. The summed E-state index contributed by atoms with van der Waals surface area (Å²) in [6.45, 7) is 1.90. The molecule has 16 heavy (non-hydrogen) atoms. The fraction of sp³-hybridized carbons (Fsp3) is 0.200. The third-order valence-corrected chi connectivity index (χ3v) is 3.10. The molecule has 0 fully saturated rings. The number of ether oxygens (including phenoxy) is 1. The van der Waals surface area contributed by atoms with Crippen molar-refractivity contribution >= 4 is 28.1 Å². The minimum absolute atomic E-state index is 0.170. The van der Waals surface area contributed by atoms with Crippen LogP contribution in [0.2, 0.25) is 5.02 Å². The second kappa shape index (κ2) is 4.67. The quantitative estimate of drug-likeness (QED) is 0.916. The van der Waals surface area contributed by atoms with Crippen LogP contribution < -0.4 is 10.5 Å². The zero-order chi connectivity index (χ0) is 11.5. The second-order valence-electron chi connectivity index (χ2n) is 3.19. The molecule has 0 spiro atoms. The summed E-state index contributed by atoms with van der Waals surface area (Å²) in [6, 6.07) is 7.17. The molecule has 0 bridgehead atoms. The molecule has 0 aliphatic rings. The van der Waals surface area contributed by atoms with Crippen molar-refractivity contribution in [2.75, 3.05) is 5.73 Å².